The van der Waals surface area contributed by atoms with Crippen molar-refractivity contribution < 1.29 is 19.5 Å². The summed E-state index contributed by atoms with van der Waals surface area (Å²) in [4.78, 5) is 41.3. The van der Waals surface area contributed by atoms with Crippen molar-refractivity contribution in [2.45, 2.75) is 48.8 Å². The van der Waals surface area contributed by atoms with Crippen LogP contribution in [0.2, 0.25) is 5.02 Å². The molecular weight excluding hydrogens is 426 g/mol. The average molecular weight is 452 g/mol. The first-order valence-corrected chi connectivity index (χ1v) is 11.4. The fraction of sp³-hybridized carbons (Fsp3) is 0.571. The van der Waals surface area contributed by atoms with Gasteiger partial charge in [0.2, 0.25) is 17.7 Å². The van der Waals surface area contributed by atoms with Crippen LogP contribution < -0.4 is 10.6 Å². The van der Waals surface area contributed by atoms with E-state index in [1.54, 1.807) is 31.8 Å². The summed E-state index contributed by atoms with van der Waals surface area (Å²) in [5.41, 5.74) is 1.34. The van der Waals surface area contributed by atoms with Gasteiger partial charge in [-0.1, -0.05) is 23.7 Å². The number of para-hydroxylation sites is 1. The zero-order chi connectivity index (χ0) is 21.8. The third kappa shape index (κ3) is 2.95. The van der Waals surface area contributed by atoms with Crippen molar-refractivity contribution in [1.29, 1.82) is 0 Å². The molecule has 30 heavy (non-hydrogen) atoms. The van der Waals surface area contributed by atoms with Crippen molar-refractivity contribution in [3.05, 3.63) is 28.8 Å². The summed E-state index contributed by atoms with van der Waals surface area (Å²) in [6.07, 6.45) is 1.46. The molecule has 0 radical (unpaired) electrons. The van der Waals surface area contributed by atoms with Gasteiger partial charge >= 0.3 is 0 Å². The summed E-state index contributed by atoms with van der Waals surface area (Å²) in [6.45, 7) is 3.32. The lowest BCUT2D eigenvalue weighted by Crippen LogP contribution is -2.54. The quantitative estimate of drug-likeness (QED) is 0.634. The van der Waals surface area contributed by atoms with Crippen LogP contribution in [0.25, 0.3) is 0 Å². The van der Waals surface area contributed by atoms with Gasteiger partial charge in [-0.2, -0.15) is 0 Å². The Morgan fingerprint density at radius 3 is 2.77 bits per heavy atom. The van der Waals surface area contributed by atoms with Crippen molar-refractivity contribution in [3.63, 3.8) is 0 Å². The molecule has 1 spiro atoms. The number of amides is 3. The van der Waals surface area contributed by atoms with E-state index in [4.69, 9.17) is 11.6 Å². The van der Waals surface area contributed by atoms with Crippen LogP contribution in [0.1, 0.15) is 25.3 Å². The zero-order valence-electron chi connectivity index (χ0n) is 17.1. The molecule has 3 fully saturated rings. The molecular formula is C21H26ClN3O4S. The van der Waals surface area contributed by atoms with E-state index in [0.29, 0.717) is 17.1 Å². The lowest BCUT2D eigenvalue weighted by molar-refractivity contribution is -0.141. The number of aryl methyl sites for hydroxylation is 1. The van der Waals surface area contributed by atoms with Crippen molar-refractivity contribution in [1.82, 2.24) is 10.2 Å². The van der Waals surface area contributed by atoms with E-state index in [9.17, 15) is 19.5 Å². The fourth-order valence-electron chi connectivity index (χ4n) is 5.40. The van der Waals surface area contributed by atoms with Gasteiger partial charge in [-0.05, 0) is 38.3 Å². The number of anilines is 1. The van der Waals surface area contributed by atoms with Gasteiger partial charge in [0.05, 0.1) is 39.9 Å². The highest BCUT2D eigenvalue weighted by molar-refractivity contribution is 8.02. The fourth-order valence-corrected chi connectivity index (χ4v) is 7.88. The Labute approximate surface area is 184 Å². The van der Waals surface area contributed by atoms with Gasteiger partial charge in [0, 0.05) is 12.3 Å². The van der Waals surface area contributed by atoms with Crippen LogP contribution in [0.4, 0.5) is 5.69 Å². The molecule has 0 aromatic heterocycles. The van der Waals surface area contributed by atoms with Crippen LogP contribution in [0.5, 0.6) is 0 Å². The van der Waals surface area contributed by atoms with Gasteiger partial charge in [-0.25, -0.2) is 0 Å². The predicted molar refractivity (Wildman–Crippen MR) is 116 cm³/mol. The second kappa shape index (κ2) is 7.73. The van der Waals surface area contributed by atoms with Crippen LogP contribution in [0.15, 0.2) is 18.2 Å². The topological polar surface area (TPSA) is 98.7 Å². The number of thioether (sulfide) groups is 1. The van der Waals surface area contributed by atoms with E-state index in [0.717, 1.165) is 12.0 Å². The number of carbonyl (C=O) groups excluding carboxylic acids is 3. The summed E-state index contributed by atoms with van der Waals surface area (Å²) >= 11 is 7.91. The van der Waals surface area contributed by atoms with Gasteiger partial charge in [0.15, 0.2) is 0 Å². The molecule has 3 N–H and O–H groups in total. The van der Waals surface area contributed by atoms with E-state index in [1.165, 1.54) is 4.90 Å². The number of nitrogens with one attached hydrogen (secondary N) is 2. The monoisotopic (exact) mass is 451 g/mol. The van der Waals surface area contributed by atoms with Gasteiger partial charge in [-0.3, -0.25) is 14.4 Å². The van der Waals surface area contributed by atoms with E-state index in [-0.39, 0.29) is 29.6 Å². The molecule has 1 aromatic rings. The first-order valence-electron chi connectivity index (χ1n) is 10.1. The second-order valence-corrected chi connectivity index (χ2v) is 10.4. The van der Waals surface area contributed by atoms with E-state index in [1.807, 2.05) is 19.1 Å². The Morgan fingerprint density at radius 1 is 1.40 bits per heavy atom. The van der Waals surface area contributed by atoms with Crippen molar-refractivity contribution >= 4 is 46.8 Å². The van der Waals surface area contributed by atoms with Crippen LogP contribution in [-0.4, -0.2) is 63.5 Å². The summed E-state index contributed by atoms with van der Waals surface area (Å²) < 4.78 is -0.679. The van der Waals surface area contributed by atoms with Crippen molar-refractivity contribution in [3.8, 4) is 0 Å². The number of likely N-dealkylation sites (tertiary alicyclic amines) is 1. The minimum absolute atomic E-state index is 0.0165. The number of benzene rings is 1. The molecule has 3 amide bonds. The molecule has 3 aliphatic heterocycles. The molecule has 9 heteroatoms. The molecule has 2 unspecified atom stereocenters. The predicted octanol–water partition coefficient (Wildman–Crippen LogP) is 1.80. The maximum Gasteiger partial charge on any atom is 0.248 e. The van der Waals surface area contributed by atoms with Gasteiger partial charge in [-0.15, -0.1) is 11.8 Å². The molecule has 4 rings (SSSR count). The van der Waals surface area contributed by atoms with Crippen molar-refractivity contribution in [2.75, 3.05) is 19.0 Å². The largest absolute Gasteiger partial charge is 0.394 e. The molecule has 3 heterocycles. The molecule has 7 nitrogen and oxygen atoms in total. The zero-order valence-corrected chi connectivity index (χ0v) is 18.7. The number of hydrogen-bond donors (Lipinski definition) is 3. The van der Waals surface area contributed by atoms with Gasteiger partial charge < -0.3 is 20.6 Å². The third-order valence-electron chi connectivity index (χ3n) is 6.74. The molecule has 0 aliphatic carbocycles. The van der Waals surface area contributed by atoms with Crippen LogP contribution >= 0.6 is 23.4 Å². The highest BCUT2D eigenvalue weighted by Crippen LogP contribution is 2.66. The standard InChI is InChI=1S/C21H26ClN3O4S/c1-10-5-4-6-12(22)16(10)24-19(28)17-21-8-7-13(30-21)14(18(27)23-3)15(21)20(29)25(17)11(2)9-26/h4-6,11,13-15,17,26H,7-9H2,1-3H3,(H,23,27)(H,24,28)/t11-,13+,14-,15+,17?,21?/m1/s1. The van der Waals surface area contributed by atoms with Crippen LogP contribution in [-0.2, 0) is 14.4 Å². The summed E-state index contributed by atoms with van der Waals surface area (Å²) in [7, 11) is 1.57. The van der Waals surface area contributed by atoms with Crippen LogP contribution in [0, 0.1) is 18.8 Å². The number of nitrogens with zero attached hydrogens (tertiary/aromatic N) is 1. The number of hydrogen-bond acceptors (Lipinski definition) is 5. The minimum atomic E-state index is -0.780. The maximum atomic E-state index is 13.6. The lowest BCUT2D eigenvalue weighted by atomic mass is 9.70. The normalized spacial score (nSPS) is 32.8. The van der Waals surface area contributed by atoms with Crippen molar-refractivity contribution in [2.24, 2.45) is 11.8 Å². The van der Waals surface area contributed by atoms with E-state index < -0.39 is 28.7 Å². The highest BCUT2D eigenvalue weighted by Gasteiger charge is 2.73. The SMILES string of the molecule is CNC(=O)[C@@H]1[C@@H]2CCC3(S2)C(C(=O)Nc2c(C)cccc2Cl)N([C@H](C)CO)C(=O)[C@H]13. The Hall–Kier alpha value is -1.77. The molecule has 162 valence electrons. The molecule has 6 atom stereocenters. The maximum absolute atomic E-state index is 13.6. The molecule has 2 bridgehead atoms. The van der Waals surface area contributed by atoms with E-state index in [2.05, 4.69) is 10.6 Å². The number of halogens is 1. The lowest BCUT2D eigenvalue weighted by Gasteiger charge is -2.36. The smallest absolute Gasteiger partial charge is 0.248 e. The van der Waals surface area contributed by atoms with Gasteiger partial charge in [0.1, 0.15) is 6.04 Å². The third-order valence-corrected chi connectivity index (χ3v) is 9.01. The number of carbonyl (C=O) groups is 3. The Kier molecular flexibility index (Phi) is 5.53. The first kappa shape index (κ1) is 21.5. The molecule has 0 saturated carbocycles. The Balaban J connectivity index is 1.76. The number of aliphatic hydroxyl groups is 1. The average Bonchev–Trinajstić information content (AvgIpc) is 3.37. The summed E-state index contributed by atoms with van der Waals surface area (Å²) in [5, 5.41) is 15.9. The molecule has 3 aliphatic rings. The Morgan fingerprint density at radius 2 is 2.13 bits per heavy atom. The summed E-state index contributed by atoms with van der Waals surface area (Å²) in [5.74, 6) is -1.75. The molecule has 3 saturated heterocycles. The van der Waals surface area contributed by atoms with E-state index >= 15 is 0 Å². The number of aliphatic hydroxyl groups excluding tert-OH is 1. The highest BCUT2D eigenvalue weighted by atomic mass is 35.5. The number of rotatable bonds is 5. The second-order valence-electron chi connectivity index (χ2n) is 8.37. The first-order chi connectivity index (χ1) is 14.3. The minimum Gasteiger partial charge on any atom is -0.394 e. The molecule has 1 aromatic carbocycles. The Bertz CT molecular complexity index is 892. The number of fused-ring (bicyclic) bond motifs is 1. The summed E-state index contributed by atoms with van der Waals surface area (Å²) in [6, 6.07) is 4.05. The van der Waals surface area contributed by atoms with Crippen LogP contribution in [0.3, 0.4) is 0 Å². The van der Waals surface area contributed by atoms with Gasteiger partial charge in [0.25, 0.3) is 0 Å².